The number of fused-ring (bicyclic) bond motifs is 1. The van der Waals surface area contributed by atoms with Gasteiger partial charge in [-0.25, -0.2) is 4.79 Å². The van der Waals surface area contributed by atoms with Gasteiger partial charge in [0.2, 0.25) is 5.91 Å². The highest BCUT2D eigenvalue weighted by Gasteiger charge is 2.26. The fourth-order valence-corrected chi connectivity index (χ4v) is 5.29. The number of imidazole rings is 1. The summed E-state index contributed by atoms with van der Waals surface area (Å²) in [6.07, 6.45) is 7.99. The van der Waals surface area contributed by atoms with Gasteiger partial charge in [-0.1, -0.05) is 12.1 Å². The molecule has 4 aromatic rings. The minimum atomic E-state index is -0.0160. The van der Waals surface area contributed by atoms with Crippen LogP contribution in [-0.2, 0) is 25.0 Å². The van der Waals surface area contributed by atoms with Crippen molar-refractivity contribution in [3.63, 3.8) is 0 Å². The molecule has 1 amide bonds. The highest BCUT2D eigenvalue weighted by molar-refractivity contribution is 5.92. The number of rotatable bonds is 9. The Labute approximate surface area is 222 Å². The molecule has 8 nitrogen and oxygen atoms in total. The van der Waals surface area contributed by atoms with Crippen LogP contribution in [0.2, 0.25) is 0 Å². The zero-order valence-corrected chi connectivity index (χ0v) is 21.9. The van der Waals surface area contributed by atoms with Gasteiger partial charge < -0.3 is 14.8 Å². The van der Waals surface area contributed by atoms with Crippen molar-refractivity contribution in [3.8, 4) is 11.5 Å². The molecule has 0 bridgehead atoms. The molecule has 2 aromatic carbocycles. The zero-order valence-electron chi connectivity index (χ0n) is 21.9. The molecule has 0 saturated heterocycles. The number of carbonyl (C=O) groups excluding carboxylic acids is 1. The monoisotopic (exact) mass is 514 g/mol. The van der Waals surface area contributed by atoms with Crippen LogP contribution in [0.25, 0.3) is 11.0 Å². The molecule has 5 rings (SSSR count). The number of anilines is 1. The Kier molecular flexibility index (Phi) is 7.77. The topological polar surface area (TPSA) is 87.4 Å². The number of hydrogen-bond donors (Lipinski definition) is 1. The first kappa shape index (κ1) is 25.6. The molecule has 1 aliphatic rings. The molecule has 38 heavy (non-hydrogen) atoms. The molecule has 0 unspecified atom stereocenters. The van der Waals surface area contributed by atoms with Crippen LogP contribution in [0.3, 0.4) is 0 Å². The van der Waals surface area contributed by atoms with Crippen molar-refractivity contribution in [1.82, 2.24) is 14.1 Å². The Morgan fingerprint density at radius 1 is 0.974 bits per heavy atom. The van der Waals surface area contributed by atoms with E-state index in [2.05, 4.69) is 10.3 Å². The number of pyridine rings is 1. The van der Waals surface area contributed by atoms with Crippen LogP contribution in [0.1, 0.15) is 37.7 Å². The number of amides is 1. The third-order valence-electron chi connectivity index (χ3n) is 7.61. The number of nitrogens with zero attached hydrogens (tertiary/aromatic N) is 3. The number of ether oxygens (including phenoxy) is 2. The second-order valence-electron chi connectivity index (χ2n) is 10.0. The van der Waals surface area contributed by atoms with Crippen LogP contribution < -0.4 is 20.5 Å². The maximum atomic E-state index is 13.0. The van der Waals surface area contributed by atoms with E-state index in [0.717, 1.165) is 65.9 Å². The molecule has 1 fully saturated rings. The second kappa shape index (κ2) is 11.5. The third-order valence-corrected chi connectivity index (χ3v) is 7.61. The van der Waals surface area contributed by atoms with Gasteiger partial charge in [0, 0.05) is 43.7 Å². The molecular formula is C30H34N4O4. The summed E-state index contributed by atoms with van der Waals surface area (Å²) < 4.78 is 14.8. The van der Waals surface area contributed by atoms with Crippen molar-refractivity contribution in [3.05, 3.63) is 83.0 Å². The minimum Gasteiger partial charge on any atom is -0.497 e. The number of aromatic nitrogens is 3. The van der Waals surface area contributed by atoms with Gasteiger partial charge in [0.1, 0.15) is 18.1 Å². The number of nitrogens with one attached hydrogen (secondary N) is 1. The van der Waals surface area contributed by atoms with E-state index < -0.39 is 0 Å². The van der Waals surface area contributed by atoms with Crippen molar-refractivity contribution >= 4 is 22.6 Å². The summed E-state index contributed by atoms with van der Waals surface area (Å²) in [5, 5.41) is 3.00. The van der Waals surface area contributed by atoms with Crippen molar-refractivity contribution in [1.29, 1.82) is 0 Å². The van der Waals surface area contributed by atoms with Gasteiger partial charge in [-0.05, 0) is 80.0 Å². The van der Waals surface area contributed by atoms with Gasteiger partial charge in [-0.3, -0.25) is 18.9 Å². The van der Waals surface area contributed by atoms with Crippen LogP contribution in [-0.4, -0.2) is 27.1 Å². The predicted octanol–water partition coefficient (Wildman–Crippen LogP) is 5.16. The van der Waals surface area contributed by atoms with E-state index in [1.807, 2.05) is 54.1 Å². The number of carbonyl (C=O) groups is 1. The Balaban J connectivity index is 1.19. The third kappa shape index (κ3) is 5.74. The molecule has 0 atom stereocenters. The standard InChI is InChI=1S/C30H34N4O4/c1-33-27-12-11-26(38-20-22-5-9-25(37-2)10-6-22)19-28(27)34(30(33)36)18-15-21-3-7-23(8-4-21)29(35)32-24-13-16-31-17-14-24/h5-6,9-14,16-17,19,21,23H,3-4,7-8,15,18,20H2,1-2H3,(H,31,32,35). The summed E-state index contributed by atoms with van der Waals surface area (Å²) in [5.74, 6) is 2.15. The largest absolute Gasteiger partial charge is 0.497 e. The van der Waals surface area contributed by atoms with Gasteiger partial charge in [0.15, 0.2) is 0 Å². The van der Waals surface area contributed by atoms with Crippen LogP contribution >= 0.6 is 0 Å². The fraction of sp³-hybridized carbons (Fsp3) is 0.367. The van der Waals surface area contributed by atoms with Gasteiger partial charge in [0.25, 0.3) is 0 Å². The SMILES string of the molecule is COc1ccc(COc2ccc3c(c2)n(CCC2CCC(C(=O)Nc4ccncc4)CC2)c(=O)n3C)cc1. The van der Waals surface area contributed by atoms with Crippen molar-refractivity contribution in [2.45, 2.75) is 45.3 Å². The Morgan fingerprint density at radius 3 is 2.39 bits per heavy atom. The Hall–Kier alpha value is -4.07. The predicted molar refractivity (Wildman–Crippen MR) is 147 cm³/mol. The molecule has 2 aromatic heterocycles. The van der Waals surface area contributed by atoms with Gasteiger partial charge in [-0.15, -0.1) is 0 Å². The molecule has 0 spiro atoms. The lowest BCUT2D eigenvalue weighted by Crippen LogP contribution is -2.28. The smallest absolute Gasteiger partial charge is 0.328 e. The Bertz CT molecular complexity index is 1440. The van der Waals surface area contributed by atoms with Crippen molar-refractivity contribution in [2.75, 3.05) is 12.4 Å². The van der Waals surface area contributed by atoms with Gasteiger partial charge in [0.05, 0.1) is 18.1 Å². The average Bonchev–Trinajstić information content (AvgIpc) is 3.20. The molecule has 198 valence electrons. The van der Waals surface area contributed by atoms with E-state index in [1.165, 1.54) is 0 Å². The minimum absolute atomic E-state index is 0.0160. The zero-order chi connectivity index (χ0) is 26.5. The van der Waals surface area contributed by atoms with E-state index in [4.69, 9.17) is 9.47 Å². The van der Waals surface area contributed by atoms with Gasteiger partial charge in [-0.2, -0.15) is 0 Å². The van der Waals surface area contributed by atoms with E-state index in [0.29, 0.717) is 19.1 Å². The second-order valence-corrected chi connectivity index (χ2v) is 10.0. The number of methoxy groups -OCH3 is 1. The highest BCUT2D eigenvalue weighted by atomic mass is 16.5. The first-order chi connectivity index (χ1) is 18.5. The van der Waals surface area contributed by atoms with Crippen LogP contribution in [0, 0.1) is 11.8 Å². The summed E-state index contributed by atoms with van der Waals surface area (Å²) in [6, 6.07) is 17.2. The summed E-state index contributed by atoms with van der Waals surface area (Å²) in [4.78, 5) is 29.7. The lowest BCUT2D eigenvalue weighted by atomic mass is 9.80. The van der Waals surface area contributed by atoms with Crippen LogP contribution in [0.4, 0.5) is 5.69 Å². The van der Waals surface area contributed by atoms with E-state index in [9.17, 15) is 9.59 Å². The summed E-state index contributed by atoms with van der Waals surface area (Å²) in [7, 11) is 3.46. The molecular weight excluding hydrogens is 480 g/mol. The summed E-state index contributed by atoms with van der Waals surface area (Å²) in [5.41, 5.74) is 3.59. The molecule has 0 aliphatic heterocycles. The number of benzene rings is 2. The fourth-order valence-electron chi connectivity index (χ4n) is 5.29. The molecule has 2 heterocycles. The summed E-state index contributed by atoms with van der Waals surface area (Å²) >= 11 is 0. The highest BCUT2D eigenvalue weighted by Crippen LogP contribution is 2.32. The summed E-state index contributed by atoms with van der Waals surface area (Å²) in [6.45, 7) is 1.08. The van der Waals surface area contributed by atoms with E-state index >= 15 is 0 Å². The number of hydrogen-bond acceptors (Lipinski definition) is 5. The molecule has 1 saturated carbocycles. The lowest BCUT2D eigenvalue weighted by Gasteiger charge is -2.27. The molecule has 1 N–H and O–H groups in total. The first-order valence-corrected chi connectivity index (χ1v) is 13.2. The normalized spacial score (nSPS) is 17.3. The van der Waals surface area contributed by atoms with Crippen LogP contribution in [0.15, 0.2) is 71.8 Å². The van der Waals surface area contributed by atoms with Crippen LogP contribution in [0.5, 0.6) is 11.5 Å². The maximum absolute atomic E-state index is 13.0. The van der Waals surface area contributed by atoms with Crippen molar-refractivity contribution < 1.29 is 14.3 Å². The molecule has 0 radical (unpaired) electrons. The van der Waals surface area contributed by atoms with E-state index in [1.54, 1.807) is 36.2 Å². The lowest BCUT2D eigenvalue weighted by molar-refractivity contribution is -0.121. The van der Waals surface area contributed by atoms with Crippen molar-refractivity contribution in [2.24, 2.45) is 18.9 Å². The Morgan fingerprint density at radius 2 is 1.68 bits per heavy atom. The first-order valence-electron chi connectivity index (χ1n) is 13.2. The number of aryl methyl sites for hydroxylation is 2. The van der Waals surface area contributed by atoms with E-state index in [-0.39, 0.29) is 17.5 Å². The van der Waals surface area contributed by atoms with Gasteiger partial charge >= 0.3 is 5.69 Å². The molecule has 1 aliphatic carbocycles. The maximum Gasteiger partial charge on any atom is 0.328 e. The molecule has 8 heteroatoms. The quantitative estimate of drug-likeness (QED) is 0.334. The average molecular weight is 515 g/mol.